The molecule has 4 rings (SSSR count). The van der Waals surface area contributed by atoms with Crippen LogP contribution in [0.5, 0.6) is 5.75 Å². The smallest absolute Gasteiger partial charge is 0.339 e. The van der Waals surface area contributed by atoms with Crippen LogP contribution in [0.25, 0.3) is 0 Å². The van der Waals surface area contributed by atoms with Crippen LogP contribution >= 0.6 is 11.3 Å². The van der Waals surface area contributed by atoms with Crippen LogP contribution in [-0.2, 0) is 17.6 Å². The van der Waals surface area contributed by atoms with Crippen molar-refractivity contribution < 1.29 is 19.4 Å². The first-order chi connectivity index (χ1) is 15.0. The van der Waals surface area contributed by atoms with Crippen LogP contribution in [0, 0.1) is 5.92 Å². The van der Waals surface area contributed by atoms with Gasteiger partial charge in [0.1, 0.15) is 10.8 Å². The number of methoxy groups -OCH3 is 1. The first-order valence-electron chi connectivity index (χ1n) is 10.7. The number of anilines is 2. The molecule has 0 spiro atoms. The molecular weight excluding hydrogens is 414 g/mol. The number of benzene rings is 1. The summed E-state index contributed by atoms with van der Waals surface area (Å²) in [5.41, 5.74) is 2.27. The minimum absolute atomic E-state index is 0.153. The van der Waals surface area contributed by atoms with Crippen LogP contribution in [0.4, 0.5) is 10.7 Å². The van der Waals surface area contributed by atoms with Gasteiger partial charge in [0.2, 0.25) is 5.91 Å². The second kappa shape index (κ2) is 9.28. The SMILES string of the molecule is COc1ccccc1N1CCN(CC(=O)Nc2sc3c(c2C(=O)O)CCC(C)C3)CC1. The molecule has 1 unspecified atom stereocenters. The molecule has 1 aliphatic heterocycles. The van der Waals surface area contributed by atoms with Crippen molar-refractivity contribution in [3.05, 3.63) is 40.3 Å². The zero-order chi connectivity index (χ0) is 22.0. The van der Waals surface area contributed by atoms with Crippen LogP contribution in [-0.4, -0.2) is 61.7 Å². The quantitative estimate of drug-likeness (QED) is 0.713. The number of nitrogens with zero attached hydrogens (tertiary/aromatic N) is 2. The van der Waals surface area contributed by atoms with Gasteiger partial charge in [-0.05, 0) is 42.9 Å². The molecule has 1 aromatic carbocycles. The number of piperazine rings is 1. The number of carboxylic acid groups (broad SMARTS) is 1. The van der Waals surface area contributed by atoms with Gasteiger partial charge in [-0.1, -0.05) is 19.1 Å². The van der Waals surface area contributed by atoms with E-state index in [4.69, 9.17) is 4.74 Å². The summed E-state index contributed by atoms with van der Waals surface area (Å²) in [6, 6.07) is 7.96. The zero-order valence-electron chi connectivity index (χ0n) is 18.0. The number of amides is 1. The Balaban J connectivity index is 1.37. The molecule has 31 heavy (non-hydrogen) atoms. The van der Waals surface area contributed by atoms with Crippen molar-refractivity contribution in [2.75, 3.05) is 50.1 Å². The number of hydrogen-bond acceptors (Lipinski definition) is 6. The summed E-state index contributed by atoms with van der Waals surface area (Å²) in [4.78, 5) is 30.1. The molecule has 8 heteroatoms. The molecular formula is C23H29N3O4S. The van der Waals surface area contributed by atoms with Crippen LogP contribution < -0.4 is 15.0 Å². The van der Waals surface area contributed by atoms with E-state index < -0.39 is 5.97 Å². The number of carbonyl (C=O) groups excluding carboxylic acids is 1. The van der Waals surface area contributed by atoms with Crippen molar-refractivity contribution in [1.29, 1.82) is 0 Å². The molecule has 0 saturated carbocycles. The molecule has 166 valence electrons. The molecule has 0 bridgehead atoms. The fourth-order valence-corrected chi connectivity index (χ4v) is 5.89. The second-order valence-corrected chi connectivity index (χ2v) is 9.45. The number of aromatic carboxylic acids is 1. The molecule has 7 nitrogen and oxygen atoms in total. The Morgan fingerprint density at radius 1 is 1.23 bits per heavy atom. The van der Waals surface area contributed by atoms with Gasteiger partial charge in [0.15, 0.2) is 0 Å². The van der Waals surface area contributed by atoms with Gasteiger partial charge in [-0.25, -0.2) is 4.79 Å². The summed E-state index contributed by atoms with van der Waals surface area (Å²) in [7, 11) is 1.67. The lowest BCUT2D eigenvalue weighted by molar-refractivity contribution is -0.117. The van der Waals surface area contributed by atoms with E-state index in [0.29, 0.717) is 16.5 Å². The van der Waals surface area contributed by atoms with E-state index in [9.17, 15) is 14.7 Å². The summed E-state index contributed by atoms with van der Waals surface area (Å²) in [5, 5.41) is 13.1. The van der Waals surface area contributed by atoms with Crippen LogP contribution in [0.15, 0.2) is 24.3 Å². The number of rotatable bonds is 6. The third-order valence-electron chi connectivity index (χ3n) is 6.14. The summed E-state index contributed by atoms with van der Waals surface area (Å²) in [5.74, 6) is 0.300. The van der Waals surface area contributed by atoms with Gasteiger partial charge < -0.3 is 20.1 Å². The minimum atomic E-state index is -0.951. The molecule has 1 atom stereocenters. The normalized spacial score (nSPS) is 19.0. The summed E-state index contributed by atoms with van der Waals surface area (Å²) in [6.45, 7) is 5.58. The molecule has 1 aliphatic carbocycles. The maximum atomic E-state index is 12.7. The predicted octanol–water partition coefficient (Wildman–Crippen LogP) is 3.34. The van der Waals surface area contributed by atoms with E-state index >= 15 is 0 Å². The Bertz CT molecular complexity index is 966. The number of hydrogen-bond donors (Lipinski definition) is 2. The average molecular weight is 444 g/mol. The van der Waals surface area contributed by atoms with Gasteiger partial charge >= 0.3 is 5.97 Å². The van der Waals surface area contributed by atoms with E-state index in [1.165, 1.54) is 11.3 Å². The monoisotopic (exact) mass is 443 g/mol. The molecule has 1 fully saturated rings. The van der Waals surface area contributed by atoms with E-state index in [-0.39, 0.29) is 12.5 Å². The lowest BCUT2D eigenvalue weighted by atomic mass is 9.88. The Morgan fingerprint density at radius 2 is 1.97 bits per heavy atom. The largest absolute Gasteiger partial charge is 0.495 e. The van der Waals surface area contributed by atoms with E-state index in [1.807, 2.05) is 24.3 Å². The maximum Gasteiger partial charge on any atom is 0.339 e. The Hall–Kier alpha value is -2.58. The van der Waals surface area contributed by atoms with Crippen molar-refractivity contribution in [2.24, 2.45) is 5.92 Å². The topological polar surface area (TPSA) is 82.1 Å². The fraction of sp³-hybridized carbons (Fsp3) is 0.478. The fourth-order valence-electron chi connectivity index (χ4n) is 4.47. The Kier molecular flexibility index (Phi) is 6.48. The van der Waals surface area contributed by atoms with Crippen LogP contribution in [0.1, 0.15) is 34.1 Å². The number of ether oxygens (including phenoxy) is 1. The zero-order valence-corrected chi connectivity index (χ0v) is 18.8. The summed E-state index contributed by atoms with van der Waals surface area (Å²) < 4.78 is 5.46. The summed E-state index contributed by atoms with van der Waals surface area (Å²) >= 11 is 1.43. The van der Waals surface area contributed by atoms with Gasteiger partial charge in [0, 0.05) is 31.1 Å². The number of nitrogens with one attached hydrogen (secondary N) is 1. The number of fused-ring (bicyclic) bond motifs is 1. The van der Waals surface area contributed by atoms with Gasteiger partial charge in [0.05, 0.1) is 24.9 Å². The molecule has 2 aliphatic rings. The molecule has 1 amide bonds. The highest BCUT2D eigenvalue weighted by atomic mass is 32.1. The van der Waals surface area contributed by atoms with Crippen LogP contribution in [0.2, 0.25) is 0 Å². The van der Waals surface area contributed by atoms with Crippen molar-refractivity contribution in [3.8, 4) is 5.75 Å². The first-order valence-corrected chi connectivity index (χ1v) is 11.6. The predicted molar refractivity (Wildman–Crippen MR) is 123 cm³/mol. The maximum absolute atomic E-state index is 12.7. The lowest BCUT2D eigenvalue weighted by Crippen LogP contribution is -2.48. The molecule has 2 N–H and O–H groups in total. The summed E-state index contributed by atoms with van der Waals surface area (Å²) in [6.07, 6.45) is 2.66. The lowest BCUT2D eigenvalue weighted by Gasteiger charge is -2.36. The van der Waals surface area contributed by atoms with E-state index in [0.717, 1.165) is 67.3 Å². The first kappa shape index (κ1) is 21.6. The highest BCUT2D eigenvalue weighted by molar-refractivity contribution is 7.17. The van der Waals surface area contributed by atoms with Gasteiger partial charge in [-0.3, -0.25) is 9.69 Å². The van der Waals surface area contributed by atoms with Gasteiger partial charge in [0.25, 0.3) is 0 Å². The minimum Gasteiger partial charge on any atom is -0.495 e. The van der Waals surface area contributed by atoms with E-state index in [1.54, 1.807) is 7.11 Å². The van der Waals surface area contributed by atoms with E-state index in [2.05, 4.69) is 22.0 Å². The third kappa shape index (κ3) is 4.70. The third-order valence-corrected chi connectivity index (χ3v) is 7.31. The average Bonchev–Trinajstić information content (AvgIpc) is 3.11. The Morgan fingerprint density at radius 3 is 2.68 bits per heavy atom. The molecule has 2 heterocycles. The molecule has 2 aromatic rings. The van der Waals surface area contributed by atoms with Crippen molar-refractivity contribution in [1.82, 2.24) is 4.90 Å². The van der Waals surface area contributed by atoms with Gasteiger partial charge in [-0.2, -0.15) is 0 Å². The molecule has 0 radical (unpaired) electrons. The number of carbonyl (C=O) groups is 2. The molecule has 1 saturated heterocycles. The second-order valence-electron chi connectivity index (χ2n) is 8.34. The molecule has 1 aromatic heterocycles. The highest BCUT2D eigenvalue weighted by Gasteiger charge is 2.29. The number of carboxylic acids is 1. The van der Waals surface area contributed by atoms with Crippen molar-refractivity contribution in [2.45, 2.75) is 26.2 Å². The van der Waals surface area contributed by atoms with Crippen LogP contribution in [0.3, 0.4) is 0 Å². The van der Waals surface area contributed by atoms with Crippen molar-refractivity contribution >= 4 is 33.9 Å². The van der Waals surface area contributed by atoms with Gasteiger partial charge in [-0.15, -0.1) is 11.3 Å². The number of para-hydroxylation sites is 2. The standard InChI is InChI=1S/C23H29N3O4S/c1-15-7-8-16-19(13-15)31-22(21(16)23(28)29)24-20(27)14-25-9-11-26(12-10-25)17-5-3-4-6-18(17)30-2/h3-6,15H,7-14H2,1-2H3,(H,24,27)(H,28,29). The number of thiophene rings is 1. The van der Waals surface area contributed by atoms with Crippen molar-refractivity contribution in [3.63, 3.8) is 0 Å². The Labute approximate surface area is 186 Å². The highest BCUT2D eigenvalue weighted by Crippen LogP contribution is 2.39.